The van der Waals surface area contributed by atoms with Crippen molar-refractivity contribution in [1.29, 1.82) is 0 Å². The third-order valence-electron chi connectivity index (χ3n) is 5.71. The Hall–Kier alpha value is -2.82. The molecule has 0 spiro atoms. The summed E-state index contributed by atoms with van der Waals surface area (Å²) in [5, 5.41) is 2.91. The second kappa shape index (κ2) is 10.1. The molecule has 5 heteroatoms. The van der Waals surface area contributed by atoms with Crippen molar-refractivity contribution in [3.05, 3.63) is 65.7 Å². The zero-order chi connectivity index (χ0) is 20.6. The van der Waals surface area contributed by atoms with Crippen LogP contribution in [0.4, 0.5) is 0 Å². The van der Waals surface area contributed by atoms with E-state index in [4.69, 9.17) is 4.74 Å². The molecular formula is C24H30N2O3. The van der Waals surface area contributed by atoms with Crippen LogP contribution in [0.25, 0.3) is 0 Å². The van der Waals surface area contributed by atoms with Crippen molar-refractivity contribution >= 4 is 11.8 Å². The SMILES string of the molecule is CC1CCC(N(C)C(=O)COc2ccccc2C(=O)NCc2ccccc2)CC1. The van der Waals surface area contributed by atoms with Gasteiger partial charge >= 0.3 is 0 Å². The maximum absolute atomic E-state index is 12.6. The van der Waals surface area contributed by atoms with Crippen LogP contribution >= 0.6 is 0 Å². The number of nitrogens with zero attached hydrogens (tertiary/aromatic N) is 1. The van der Waals surface area contributed by atoms with Gasteiger partial charge in [0.2, 0.25) is 0 Å². The van der Waals surface area contributed by atoms with Gasteiger partial charge in [0.15, 0.2) is 6.61 Å². The van der Waals surface area contributed by atoms with E-state index < -0.39 is 0 Å². The number of nitrogens with one attached hydrogen (secondary N) is 1. The van der Waals surface area contributed by atoms with Crippen molar-refractivity contribution in [2.45, 2.75) is 45.2 Å². The minimum atomic E-state index is -0.216. The minimum Gasteiger partial charge on any atom is -0.483 e. The second-order valence-electron chi connectivity index (χ2n) is 7.87. The quantitative estimate of drug-likeness (QED) is 0.771. The van der Waals surface area contributed by atoms with Crippen LogP contribution in [0.2, 0.25) is 0 Å². The Bertz CT molecular complexity index is 814. The van der Waals surface area contributed by atoms with Gasteiger partial charge in [-0.25, -0.2) is 0 Å². The molecule has 0 bridgehead atoms. The first-order valence-corrected chi connectivity index (χ1v) is 10.3. The molecular weight excluding hydrogens is 364 g/mol. The molecule has 1 aliphatic rings. The molecule has 0 radical (unpaired) electrons. The highest BCUT2D eigenvalue weighted by Gasteiger charge is 2.25. The van der Waals surface area contributed by atoms with Crippen molar-refractivity contribution in [1.82, 2.24) is 10.2 Å². The molecule has 1 N–H and O–H groups in total. The van der Waals surface area contributed by atoms with Crippen LogP contribution in [0.5, 0.6) is 5.75 Å². The average Bonchev–Trinajstić information content (AvgIpc) is 2.76. The molecule has 2 aromatic rings. The molecule has 2 amide bonds. The number of carbonyl (C=O) groups is 2. The van der Waals surface area contributed by atoms with Crippen molar-refractivity contribution in [2.24, 2.45) is 5.92 Å². The van der Waals surface area contributed by atoms with E-state index in [9.17, 15) is 9.59 Å². The first-order chi connectivity index (χ1) is 14.0. The lowest BCUT2D eigenvalue weighted by Crippen LogP contribution is -2.41. The van der Waals surface area contributed by atoms with Crippen LogP contribution < -0.4 is 10.1 Å². The van der Waals surface area contributed by atoms with Gasteiger partial charge < -0.3 is 15.0 Å². The number of hydrogen-bond donors (Lipinski definition) is 1. The lowest BCUT2D eigenvalue weighted by molar-refractivity contribution is -0.134. The van der Waals surface area contributed by atoms with Gasteiger partial charge in [-0.3, -0.25) is 9.59 Å². The molecule has 154 valence electrons. The fourth-order valence-electron chi connectivity index (χ4n) is 3.73. The summed E-state index contributed by atoms with van der Waals surface area (Å²) in [6, 6.07) is 17.1. The average molecular weight is 395 g/mol. The predicted octanol–water partition coefficient (Wildman–Crippen LogP) is 4.03. The highest BCUT2D eigenvalue weighted by Crippen LogP contribution is 2.26. The minimum absolute atomic E-state index is 0.0518. The summed E-state index contributed by atoms with van der Waals surface area (Å²) in [5.41, 5.74) is 1.46. The van der Waals surface area contributed by atoms with Crippen molar-refractivity contribution < 1.29 is 14.3 Å². The third kappa shape index (κ3) is 5.83. The summed E-state index contributed by atoms with van der Waals surface area (Å²) >= 11 is 0. The number of amides is 2. The van der Waals surface area contributed by atoms with E-state index in [1.165, 1.54) is 0 Å². The largest absolute Gasteiger partial charge is 0.483 e. The molecule has 3 rings (SSSR count). The zero-order valence-electron chi connectivity index (χ0n) is 17.3. The van der Waals surface area contributed by atoms with Crippen LogP contribution in [-0.2, 0) is 11.3 Å². The second-order valence-corrected chi connectivity index (χ2v) is 7.87. The molecule has 0 atom stereocenters. The first kappa shape index (κ1) is 20.9. The summed E-state index contributed by atoms with van der Waals surface area (Å²) in [4.78, 5) is 27.0. The van der Waals surface area contributed by atoms with Crippen LogP contribution in [0.15, 0.2) is 54.6 Å². The molecule has 1 saturated carbocycles. The molecule has 0 heterocycles. The summed E-state index contributed by atoms with van der Waals surface area (Å²) in [7, 11) is 1.85. The predicted molar refractivity (Wildman–Crippen MR) is 114 cm³/mol. The van der Waals surface area contributed by atoms with Crippen molar-refractivity contribution in [2.75, 3.05) is 13.7 Å². The molecule has 0 aromatic heterocycles. The van der Waals surface area contributed by atoms with Gasteiger partial charge in [-0.1, -0.05) is 49.4 Å². The Morgan fingerprint density at radius 2 is 1.66 bits per heavy atom. The summed E-state index contributed by atoms with van der Waals surface area (Å²) < 4.78 is 5.75. The molecule has 0 aliphatic heterocycles. The highest BCUT2D eigenvalue weighted by molar-refractivity contribution is 5.97. The van der Waals surface area contributed by atoms with E-state index in [0.717, 1.165) is 37.2 Å². The van der Waals surface area contributed by atoms with Crippen molar-refractivity contribution in [3.8, 4) is 5.75 Å². The van der Waals surface area contributed by atoms with Gasteiger partial charge in [-0.05, 0) is 49.3 Å². The van der Waals surface area contributed by atoms with E-state index in [-0.39, 0.29) is 24.5 Å². The van der Waals surface area contributed by atoms with Gasteiger partial charge in [0.25, 0.3) is 11.8 Å². The highest BCUT2D eigenvalue weighted by atomic mass is 16.5. The Morgan fingerprint density at radius 3 is 2.38 bits per heavy atom. The summed E-state index contributed by atoms with van der Waals surface area (Å²) in [6.07, 6.45) is 4.41. The van der Waals surface area contributed by atoms with E-state index in [1.807, 2.05) is 42.3 Å². The number of likely N-dealkylation sites (N-methyl/N-ethyl adjacent to an activating group) is 1. The first-order valence-electron chi connectivity index (χ1n) is 10.3. The molecule has 1 aliphatic carbocycles. The van der Waals surface area contributed by atoms with Crippen LogP contribution in [0, 0.1) is 5.92 Å². The topological polar surface area (TPSA) is 58.6 Å². The standard InChI is InChI=1S/C24H30N2O3/c1-18-12-14-20(15-13-18)26(2)23(27)17-29-22-11-7-6-10-21(22)24(28)25-16-19-8-4-3-5-9-19/h3-11,18,20H,12-17H2,1-2H3,(H,25,28). The fourth-order valence-corrected chi connectivity index (χ4v) is 3.73. The Balaban J connectivity index is 1.55. The zero-order valence-corrected chi connectivity index (χ0v) is 17.3. The Labute approximate surface area is 173 Å². The molecule has 0 unspecified atom stereocenters. The number of carbonyl (C=O) groups excluding carboxylic acids is 2. The lowest BCUT2D eigenvalue weighted by atomic mass is 9.87. The third-order valence-corrected chi connectivity index (χ3v) is 5.71. The Kier molecular flexibility index (Phi) is 7.28. The summed E-state index contributed by atoms with van der Waals surface area (Å²) in [6.45, 7) is 2.64. The smallest absolute Gasteiger partial charge is 0.260 e. The number of para-hydroxylation sites is 1. The van der Waals surface area contributed by atoms with Crippen LogP contribution in [0.3, 0.4) is 0 Å². The van der Waals surface area contributed by atoms with Gasteiger partial charge in [0.1, 0.15) is 5.75 Å². The number of rotatable bonds is 7. The van der Waals surface area contributed by atoms with E-state index in [1.54, 1.807) is 24.3 Å². The molecule has 2 aromatic carbocycles. The summed E-state index contributed by atoms with van der Waals surface area (Å²) in [5.74, 6) is 0.903. The van der Waals surface area contributed by atoms with E-state index in [0.29, 0.717) is 17.9 Å². The molecule has 1 fully saturated rings. The van der Waals surface area contributed by atoms with E-state index in [2.05, 4.69) is 12.2 Å². The normalized spacial score (nSPS) is 18.7. The van der Waals surface area contributed by atoms with E-state index >= 15 is 0 Å². The van der Waals surface area contributed by atoms with Gasteiger partial charge in [-0.15, -0.1) is 0 Å². The van der Waals surface area contributed by atoms with Gasteiger partial charge in [-0.2, -0.15) is 0 Å². The maximum atomic E-state index is 12.6. The van der Waals surface area contributed by atoms with Gasteiger partial charge in [0.05, 0.1) is 5.56 Å². The molecule has 0 saturated heterocycles. The van der Waals surface area contributed by atoms with Gasteiger partial charge in [0, 0.05) is 19.6 Å². The number of hydrogen-bond acceptors (Lipinski definition) is 3. The van der Waals surface area contributed by atoms with Crippen molar-refractivity contribution in [3.63, 3.8) is 0 Å². The Morgan fingerprint density at radius 1 is 1.00 bits per heavy atom. The van der Waals surface area contributed by atoms with Crippen LogP contribution in [0.1, 0.15) is 48.5 Å². The molecule has 29 heavy (non-hydrogen) atoms. The lowest BCUT2D eigenvalue weighted by Gasteiger charge is -2.33. The fraction of sp³-hybridized carbons (Fsp3) is 0.417. The number of ether oxygens (including phenoxy) is 1. The molecule has 5 nitrogen and oxygen atoms in total. The monoisotopic (exact) mass is 394 g/mol. The maximum Gasteiger partial charge on any atom is 0.260 e. The van der Waals surface area contributed by atoms with Crippen LogP contribution in [-0.4, -0.2) is 36.4 Å². The number of benzene rings is 2.